The Labute approximate surface area is 171 Å². The summed E-state index contributed by atoms with van der Waals surface area (Å²) >= 11 is 0. The number of carbonyl (C=O) groups excluding carboxylic acids is 2. The van der Waals surface area contributed by atoms with Crippen LogP contribution in [-0.2, 0) is 9.59 Å². The number of aliphatic hydroxyl groups is 1. The van der Waals surface area contributed by atoms with E-state index in [-0.39, 0.29) is 17.7 Å². The highest BCUT2D eigenvalue weighted by Crippen LogP contribution is 2.41. The third kappa shape index (κ3) is 3.79. The molecule has 2 aromatic carbocycles. The lowest BCUT2D eigenvalue weighted by Gasteiger charge is -2.47. The van der Waals surface area contributed by atoms with E-state index in [4.69, 9.17) is 0 Å². The molecule has 1 spiro atoms. The summed E-state index contributed by atoms with van der Waals surface area (Å²) in [6, 6.07) is 19.7. The number of hydrogen-bond acceptors (Lipinski definition) is 3. The van der Waals surface area contributed by atoms with Gasteiger partial charge in [-0.25, -0.2) is 0 Å². The van der Waals surface area contributed by atoms with Crippen molar-refractivity contribution in [2.45, 2.75) is 31.3 Å². The second kappa shape index (κ2) is 7.99. The smallest absolute Gasteiger partial charge is 0.234 e. The Morgan fingerprint density at radius 1 is 1.00 bits per heavy atom. The fourth-order valence-corrected chi connectivity index (χ4v) is 4.93. The van der Waals surface area contributed by atoms with Crippen LogP contribution in [0.2, 0.25) is 0 Å². The summed E-state index contributed by atoms with van der Waals surface area (Å²) in [7, 11) is 1.75. The third-order valence-electron chi connectivity index (χ3n) is 6.46. The number of hydrogen-bond donors (Lipinski definition) is 1. The molecular formula is C24H28N2O3. The lowest BCUT2D eigenvalue weighted by Crippen LogP contribution is -2.57. The molecule has 1 atom stereocenters. The average molecular weight is 392 g/mol. The first-order valence-electron chi connectivity index (χ1n) is 10.3. The fourth-order valence-electron chi connectivity index (χ4n) is 4.93. The predicted molar refractivity (Wildman–Crippen MR) is 111 cm³/mol. The van der Waals surface area contributed by atoms with Gasteiger partial charge in [0.15, 0.2) is 0 Å². The molecule has 1 N–H and O–H groups in total. The molecule has 2 saturated heterocycles. The highest BCUT2D eigenvalue weighted by molar-refractivity contribution is 5.88. The number of benzene rings is 2. The Bertz CT molecular complexity index is 821. The predicted octanol–water partition coefficient (Wildman–Crippen LogP) is 2.65. The van der Waals surface area contributed by atoms with Gasteiger partial charge in [-0.1, -0.05) is 60.7 Å². The van der Waals surface area contributed by atoms with E-state index < -0.39 is 11.5 Å². The van der Waals surface area contributed by atoms with Crippen molar-refractivity contribution in [1.29, 1.82) is 0 Å². The number of rotatable bonds is 3. The van der Waals surface area contributed by atoms with Crippen molar-refractivity contribution in [2.24, 2.45) is 5.41 Å². The Morgan fingerprint density at radius 2 is 1.52 bits per heavy atom. The maximum absolute atomic E-state index is 13.6. The topological polar surface area (TPSA) is 60.9 Å². The van der Waals surface area contributed by atoms with Crippen molar-refractivity contribution < 1.29 is 14.7 Å². The van der Waals surface area contributed by atoms with E-state index in [1.807, 2.05) is 65.6 Å². The summed E-state index contributed by atoms with van der Waals surface area (Å²) in [4.78, 5) is 29.9. The third-order valence-corrected chi connectivity index (χ3v) is 6.46. The molecule has 0 radical (unpaired) electrons. The minimum Gasteiger partial charge on any atom is -0.391 e. The monoisotopic (exact) mass is 392 g/mol. The first-order chi connectivity index (χ1) is 14.0. The van der Waals surface area contributed by atoms with E-state index >= 15 is 0 Å². The van der Waals surface area contributed by atoms with Crippen LogP contribution in [0.1, 0.15) is 36.3 Å². The van der Waals surface area contributed by atoms with E-state index in [1.54, 1.807) is 11.9 Å². The maximum atomic E-state index is 13.6. The molecule has 1 unspecified atom stereocenters. The van der Waals surface area contributed by atoms with Crippen LogP contribution in [0.4, 0.5) is 0 Å². The van der Waals surface area contributed by atoms with Crippen LogP contribution in [0.3, 0.4) is 0 Å². The van der Waals surface area contributed by atoms with Crippen LogP contribution in [-0.4, -0.2) is 59.5 Å². The second-order valence-corrected chi connectivity index (χ2v) is 8.40. The molecule has 0 bridgehead atoms. The molecule has 4 rings (SSSR count). The average Bonchev–Trinajstić information content (AvgIpc) is 2.74. The first kappa shape index (κ1) is 19.6. The zero-order valence-corrected chi connectivity index (χ0v) is 16.8. The molecule has 152 valence electrons. The van der Waals surface area contributed by atoms with Gasteiger partial charge in [0.25, 0.3) is 0 Å². The van der Waals surface area contributed by atoms with Gasteiger partial charge < -0.3 is 14.9 Å². The molecule has 0 aromatic heterocycles. The van der Waals surface area contributed by atoms with Crippen molar-refractivity contribution in [3.05, 3.63) is 71.8 Å². The van der Waals surface area contributed by atoms with E-state index in [9.17, 15) is 14.7 Å². The zero-order chi connectivity index (χ0) is 20.4. The molecule has 5 nitrogen and oxygen atoms in total. The summed E-state index contributed by atoms with van der Waals surface area (Å²) in [5, 5.41) is 10.2. The number of aliphatic hydroxyl groups excluding tert-OH is 1. The summed E-state index contributed by atoms with van der Waals surface area (Å²) in [5.41, 5.74) is 1.43. The van der Waals surface area contributed by atoms with Crippen LogP contribution in [0, 0.1) is 5.41 Å². The van der Waals surface area contributed by atoms with Gasteiger partial charge in [-0.05, 0) is 30.4 Å². The van der Waals surface area contributed by atoms with Gasteiger partial charge in [-0.2, -0.15) is 0 Å². The minimum atomic E-state index is -0.530. The van der Waals surface area contributed by atoms with Crippen molar-refractivity contribution >= 4 is 11.8 Å². The van der Waals surface area contributed by atoms with E-state index in [1.165, 1.54) is 0 Å². The molecule has 2 heterocycles. The summed E-state index contributed by atoms with van der Waals surface area (Å²) in [6.45, 7) is 1.48. The largest absolute Gasteiger partial charge is 0.391 e. The SMILES string of the molecule is CN1CC(O)CC2(CCN(C(=O)C(c3ccccc3)c3ccccc3)CC2)C1=O. The first-order valence-corrected chi connectivity index (χ1v) is 10.3. The van der Waals surface area contributed by atoms with Gasteiger partial charge in [0.2, 0.25) is 11.8 Å². The lowest BCUT2D eigenvalue weighted by atomic mass is 9.70. The highest BCUT2D eigenvalue weighted by atomic mass is 16.3. The zero-order valence-electron chi connectivity index (χ0n) is 16.8. The van der Waals surface area contributed by atoms with Gasteiger partial charge in [-0.15, -0.1) is 0 Å². The molecular weight excluding hydrogens is 364 g/mol. The normalized spacial score (nSPS) is 21.6. The van der Waals surface area contributed by atoms with Crippen molar-refractivity contribution in [2.75, 3.05) is 26.7 Å². The Morgan fingerprint density at radius 3 is 2.03 bits per heavy atom. The Hall–Kier alpha value is -2.66. The number of amides is 2. The summed E-state index contributed by atoms with van der Waals surface area (Å²) in [5.74, 6) is -0.159. The lowest BCUT2D eigenvalue weighted by molar-refractivity contribution is -0.156. The number of carbonyl (C=O) groups is 2. The number of β-amino-alcohol motifs (C(OH)–C–C–N with tert-alkyl or cyclic N) is 1. The molecule has 2 amide bonds. The van der Waals surface area contributed by atoms with Crippen molar-refractivity contribution in [3.63, 3.8) is 0 Å². The van der Waals surface area contributed by atoms with Gasteiger partial charge in [0.05, 0.1) is 17.4 Å². The van der Waals surface area contributed by atoms with Crippen LogP contribution in [0.5, 0.6) is 0 Å². The van der Waals surface area contributed by atoms with Crippen molar-refractivity contribution in [3.8, 4) is 0 Å². The Balaban J connectivity index is 1.55. The van der Waals surface area contributed by atoms with Crippen LogP contribution in [0.25, 0.3) is 0 Å². The Kier molecular flexibility index (Phi) is 5.41. The molecule has 2 aliphatic rings. The molecule has 29 heavy (non-hydrogen) atoms. The quantitative estimate of drug-likeness (QED) is 0.874. The molecule has 2 aliphatic heterocycles. The number of likely N-dealkylation sites (tertiary alicyclic amines) is 2. The fraction of sp³-hybridized carbons (Fsp3) is 0.417. The van der Waals surface area contributed by atoms with Gasteiger partial charge >= 0.3 is 0 Å². The van der Waals surface area contributed by atoms with Crippen LogP contribution < -0.4 is 0 Å². The van der Waals surface area contributed by atoms with Gasteiger partial charge in [0.1, 0.15) is 0 Å². The van der Waals surface area contributed by atoms with E-state index in [0.29, 0.717) is 38.9 Å². The number of likely N-dealkylation sites (N-methyl/N-ethyl adjacent to an activating group) is 1. The molecule has 0 aliphatic carbocycles. The molecule has 2 aromatic rings. The molecule has 5 heteroatoms. The number of piperidine rings is 2. The number of nitrogens with zero attached hydrogens (tertiary/aromatic N) is 2. The molecule has 2 fully saturated rings. The van der Waals surface area contributed by atoms with Gasteiger partial charge in [-0.3, -0.25) is 9.59 Å². The molecule has 0 saturated carbocycles. The summed E-state index contributed by atoms with van der Waals surface area (Å²) in [6.07, 6.45) is 1.23. The van der Waals surface area contributed by atoms with E-state index in [0.717, 1.165) is 11.1 Å². The van der Waals surface area contributed by atoms with Crippen LogP contribution >= 0.6 is 0 Å². The van der Waals surface area contributed by atoms with E-state index in [2.05, 4.69) is 0 Å². The second-order valence-electron chi connectivity index (χ2n) is 8.40. The van der Waals surface area contributed by atoms with Crippen LogP contribution in [0.15, 0.2) is 60.7 Å². The standard InChI is InChI=1S/C24H28N2O3/c1-25-17-20(27)16-24(23(25)29)12-14-26(15-13-24)22(28)21(18-8-4-2-5-9-18)19-10-6-3-7-11-19/h2-11,20-21,27H,12-17H2,1H3. The van der Waals surface area contributed by atoms with Gasteiger partial charge in [0, 0.05) is 26.7 Å². The maximum Gasteiger partial charge on any atom is 0.234 e. The minimum absolute atomic E-state index is 0.0782. The highest BCUT2D eigenvalue weighted by Gasteiger charge is 2.48. The summed E-state index contributed by atoms with van der Waals surface area (Å²) < 4.78 is 0. The van der Waals surface area contributed by atoms with Crippen molar-refractivity contribution in [1.82, 2.24) is 9.80 Å².